The molecule has 3 rings (SSSR count). The molecule has 3 aromatic carbocycles. The van der Waals surface area contributed by atoms with E-state index >= 15 is 0 Å². The molecule has 0 N–H and O–H groups in total. The van der Waals surface area contributed by atoms with Gasteiger partial charge in [0.2, 0.25) is 0 Å². The van der Waals surface area contributed by atoms with Gasteiger partial charge in [-0.3, -0.25) is 4.79 Å². The Morgan fingerprint density at radius 2 is 1.39 bits per heavy atom. The predicted molar refractivity (Wildman–Crippen MR) is 130 cm³/mol. The van der Waals surface area contributed by atoms with Gasteiger partial charge in [0.15, 0.2) is 14.6 Å². The highest BCUT2D eigenvalue weighted by molar-refractivity contribution is 7.92. The van der Waals surface area contributed by atoms with Crippen molar-refractivity contribution in [2.24, 2.45) is 0 Å². The number of hydrogen-bond donors (Lipinski definition) is 0. The number of rotatable bonds is 11. The molecule has 0 spiro atoms. The molecule has 1 atom stereocenters. The number of hydrogen-bond acceptors (Lipinski definition) is 5. The van der Waals surface area contributed by atoms with E-state index in [2.05, 4.69) is 0 Å². The smallest absolute Gasteiger partial charge is 0.327 e. The van der Waals surface area contributed by atoms with E-state index in [4.69, 9.17) is 9.47 Å². The second-order valence-electron chi connectivity index (χ2n) is 8.08. The Hall–Kier alpha value is -3.12. The third-order valence-electron chi connectivity index (χ3n) is 5.67. The van der Waals surface area contributed by atoms with Crippen LogP contribution < -0.4 is 4.74 Å². The fourth-order valence-electron chi connectivity index (χ4n) is 3.95. The van der Waals surface area contributed by atoms with Crippen molar-refractivity contribution in [3.63, 3.8) is 0 Å². The second-order valence-corrected chi connectivity index (χ2v) is 10.4. The lowest BCUT2D eigenvalue weighted by atomic mass is 9.94. The Labute approximate surface area is 196 Å². The average Bonchev–Trinajstić information content (AvgIpc) is 2.83. The molecule has 0 aromatic heterocycles. The summed E-state index contributed by atoms with van der Waals surface area (Å²) in [6.45, 7) is 2.30. The first-order chi connectivity index (χ1) is 15.9. The fourth-order valence-corrected chi connectivity index (χ4v) is 6.10. The third kappa shape index (κ3) is 6.02. The topological polar surface area (TPSA) is 69.7 Å². The number of methoxy groups -OCH3 is 1. The summed E-state index contributed by atoms with van der Waals surface area (Å²) in [6.07, 6.45) is 0.803. The van der Waals surface area contributed by atoms with Crippen LogP contribution in [-0.2, 0) is 38.1 Å². The molecule has 0 aliphatic carbocycles. The molecule has 0 bridgehead atoms. The monoisotopic (exact) mass is 466 g/mol. The van der Waals surface area contributed by atoms with Crippen LogP contribution in [0.15, 0.2) is 84.9 Å². The number of carbonyl (C=O) groups excluding carboxylic acids is 1. The summed E-state index contributed by atoms with van der Waals surface area (Å²) in [5, 5.41) is 0. The van der Waals surface area contributed by atoms with Gasteiger partial charge in [-0.2, -0.15) is 0 Å². The minimum Gasteiger partial charge on any atom is -0.489 e. The van der Waals surface area contributed by atoms with Crippen molar-refractivity contribution in [2.45, 2.75) is 43.3 Å². The van der Waals surface area contributed by atoms with Crippen molar-refractivity contribution in [1.82, 2.24) is 0 Å². The molecule has 3 aromatic rings. The molecule has 174 valence electrons. The van der Waals surface area contributed by atoms with Crippen LogP contribution in [0.2, 0.25) is 0 Å². The number of ether oxygens (including phenoxy) is 2. The first kappa shape index (κ1) is 24.5. The summed E-state index contributed by atoms with van der Waals surface area (Å²) >= 11 is 0. The SMILES string of the molecule is CCCC(Cc1ccccc1)(C(=O)OC)S(=O)(=O)Cc1ccc(OCc2ccccc2)cc1. The van der Waals surface area contributed by atoms with E-state index in [9.17, 15) is 13.2 Å². The molecule has 1 unspecified atom stereocenters. The zero-order valence-electron chi connectivity index (χ0n) is 19.1. The van der Waals surface area contributed by atoms with E-state index in [1.165, 1.54) is 7.11 Å². The molecule has 0 fully saturated rings. The van der Waals surface area contributed by atoms with Gasteiger partial charge in [0.05, 0.1) is 12.9 Å². The van der Waals surface area contributed by atoms with Gasteiger partial charge in [-0.1, -0.05) is 86.1 Å². The van der Waals surface area contributed by atoms with Crippen LogP contribution in [0.5, 0.6) is 5.75 Å². The molecule has 0 saturated heterocycles. The van der Waals surface area contributed by atoms with Gasteiger partial charge in [-0.05, 0) is 35.2 Å². The second kappa shape index (κ2) is 11.1. The van der Waals surface area contributed by atoms with Crippen LogP contribution in [0.4, 0.5) is 0 Å². The quantitative estimate of drug-likeness (QED) is 0.366. The van der Waals surface area contributed by atoms with E-state index in [0.29, 0.717) is 24.3 Å². The van der Waals surface area contributed by atoms with Crippen LogP contribution in [0.1, 0.15) is 36.5 Å². The van der Waals surface area contributed by atoms with Crippen LogP contribution in [0, 0.1) is 0 Å². The highest BCUT2D eigenvalue weighted by Crippen LogP contribution is 2.33. The molecule has 0 radical (unpaired) electrons. The summed E-state index contributed by atoms with van der Waals surface area (Å²) in [4.78, 5) is 12.9. The molecular weight excluding hydrogens is 436 g/mol. The first-order valence-electron chi connectivity index (χ1n) is 11.0. The van der Waals surface area contributed by atoms with Gasteiger partial charge in [-0.25, -0.2) is 8.42 Å². The van der Waals surface area contributed by atoms with Crippen LogP contribution in [0.25, 0.3) is 0 Å². The van der Waals surface area contributed by atoms with Crippen molar-refractivity contribution < 1.29 is 22.7 Å². The molecule has 6 heteroatoms. The van der Waals surface area contributed by atoms with Gasteiger partial charge in [-0.15, -0.1) is 0 Å². The lowest BCUT2D eigenvalue weighted by molar-refractivity contribution is -0.144. The summed E-state index contributed by atoms with van der Waals surface area (Å²) < 4.78 is 36.5. The maximum atomic E-state index is 13.7. The number of sulfone groups is 1. The van der Waals surface area contributed by atoms with Crippen LogP contribution >= 0.6 is 0 Å². The standard InChI is InChI=1S/C27H30O5S/c1-3-18-27(26(28)31-2,19-22-10-6-4-7-11-22)33(29,30)21-24-14-16-25(17-15-24)32-20-23-12-8-5-9-13-23/h4-17H,3,18-21H2,1-2H3. The summed E-state index contributed by atoms with van der Waals surface area (Å²) in [5.41, 5.74) is 2.43. The Morgan fingerprint density at radius 1 is 0.818 bits per heavy atom. The van der Waals surface area contributed by atoms with Crippen LogP contribution in [-0.4, -0.2) is 26.2 Å². The largest absolute Gasteiger partial charge is 0.489 e. The van der Waals surface area contributed by atoms with Gasteiger partial charge in [0.25, 0.3) is 0 Å². The molecule has 33 heavy (non-hydrogen) atoms. The summed E-state index contributed by atoms with van der Waals surface area (Å²) in [7, 11) is -2.65. The normalized spacial score (nSPS) is 13.2. The predicted octanol–water partition coefficient (Wildman–Crippen LogP) is 5.14. The van der Waals surface area contributed by atoms with Crippen molar-refractivity contribution in [1.29, 1.82) is 0 Å². The summed E-state index contributed by atoms with van der Waals surface area (Å²) in [5.74, 6) is -0.318. The highest BCUT2D eigenvalue weighted by atomic mass is 32.2. The van der Waals surface area contributed by atoms with Crippen molar-refractivity contribution >= 4 is 15.8 Å². The van der Waals surface area contributed by atoms with E-state index < -0.39 is 20.6 Å². The molecule has 0 heterocycles. The van der Waals surface area contributed by atoms with Crippen molar-refractivity contribution in [2.75, 3.05) is 7.11 Å². The Balaban J connectivity index is 1.81. The minimum absolute atomic E-state index is 0.0783. The fraction of sp³-hybridized carbons (Fsp3) is 0.296. The van der Waals surface area contributed by atoms with Gasteiger partial charge in [0, 0.05) is 6.42 Å². The number of benzene rings is 3. The number of esters is 1. The van der Waals surface area contributed by atoms with Gasteiger partial charge < -0.3 is 9.47 Å². The van der Waals surface area contributed by atoms with Crippen molar-refractivity contribution in [3.05, 3.63) is 102 Å². The van der Waals surface area contributed by atoms with E-state index in [1.54, 1.807) is 24.3 Å². The molecule has 0 amide bonds. The maximum absolute atomic E-state index is 13.7. The molecule has 0 aliphatic heterocycles. The minimum atomic E-state index is -3.89. The van der Waals surface area contributed by atoms with Gasteiger partial charge in [0.1, 0.15) is 12.4 Å². The van der Waals surface area contributed by atoms with E-state index in [0.717, 1.165) is 11.1 Å². The Bertz CT molecular complexity index is 1130. The van der Waals surface area contributed by atoms with E-state index in [1.807, 2.05) is 67.6 Å². The van der Waals surface area contributed by atoms with Gasteiger partial charge >= 0.3 is 5.97 Å². The molecule has 0 saturated carbocycles. The van der Waals surface area contributed by atoms with Crippen molar-refractivity contribution in [3.8, 4) is 5.75 Å². The maximum Gasteiger partial charge on any atom is 0.327 e. The molecule has 0 aliphatic rings. The van der Waals surface area contributed by atoms with Crippen LogP contribution in [0.3, 0.4) is 0 Å². The zero-order valence-corrected chi connectivity index (χ0v) is 19.9. The lowest BCUT2D eigenvalue weighted by Crippen LogP contribution is -2.49. The highest BCUT2D eigenvalue weighted by Gasteiger charge is 2.50. The third-order valence-corrected chi connectivity index (χ3v) is 8.09. The molecule has 5 nitrogen and oxygen atoms in total. The first-order valence-corrected chi connectivity index (χ1v) is 12.7. The van der Waals surface area contributed by atoms with E-state index in [-0.39, 0.29) is 18.6 Å². The number of carbonyl (C=O) groups is 1. The average molecular weight is 467 g/mol. The lowest BCUT2D eigenvalue weighted by Gasteiger charge is -2.30. The Morgan fingerprint density at radius 3 is 1.94 bits per heavy atom. The molecular formula is C27H30O5S. The Kier molecular flexibility index (Phi) is 8.28. The zero-order chi connectivity index (χ0) is 23.7. The summed E-state index contributed by atoms with van der Waals surface area (Å²) in [6, 6.07) is 26.0.